The second-order valence-corrected chi connectivity index (χ2v) is 10.5. The summed E-state index contributed by atoms with van der Waals surface area (Å²) in [6.07, 6.45) is 8.56. The molecule has 13 heteroatoms. The van der Waals surface area contributed by atoms with Crippen LogP contribution in [0.3, 0.4) is 0 Å². The summed E-state index contributed by atoms with van der Waals surface area (Å²) in [5.41, 5.74) is 4.19. The summed E-state index contributed by atoms with van der Waals surface area (Å²) in [6, 6.07) is 12.3. The highest BCUT2D eigenvalue weighted by Crippen LogP contribution is 2.35. The van der Waals surface area contributed by atoms with Crippen molar-refractivity contribution in [3.05, 3.63) is 109 Å². The number of benzene rings is 1. The van der Waals surface area contributed by atoms with Gasteiger partial charge in [-0.2, -0.15) is 9.49 Å². The van der Waals surface area contributed by atoms with Crippen LogP contribution in [0.15, 0.2) is 84.3 Å². The average Bonchev–Trinajstić information content (AvgIpc) is 3.81. The number of rotatable bonds is 7. The van der Waals surface area contributed by atoms with E-state index in [1.54, 1.807) is 40.1 Å². The molecule has 0 saturated carbocycles. The number of oxazole rings is 1. The molecular weight excluding hydrogens is 570 g/mol. The summed E-state index contributed by atoms with van der Waals surface area (Å²) < 4.78 is 35.9. The smallest absolute Gasteiger partial charge is 0.275 e. The molecule has 1 fully saturated rings. The van der Waals surface area contributed by atoms with E-state index in [1.165, 1.54) is 37.1 Å². The van der Waals surface area contributed by atoms with Crippen LogP contribution in [-0.4, -0.2) is 63.8 Å². The van der Waals surface area contributed by atoms with Crippen LogP contribution in [-0.2, 0) is 6.42 Å². The molecule has 1 aliphatic heterocycles. The highest BCUT2D eigenvalue weighted by molar-refractivity contribution is 5.97. The summed E-state index contributed by atoms with van der Waals surface area (Å²) in [5.74, 6) is -1.54. The number of likely N-dealkylation sites (tertiary alicyclic amines) is 1. The molecule has 0 atom stereocenters. The lowest BCUT2D eigenvalue weighted by Crippen LogP contribution is -2.39. The van der Waals surface area contributed by atoms with Gasteiger partial charge in [-0.05, 0) is 55.3 Å². The van der Waals surface area contributed by atoms with Crippen molar-refractivity contribution < 1.29 is 22.8 Å². The van der Waals surface area contributed by atoms with Crippen LogP contribution in [0, 0.1) is 11.8 Å². The first-order chi connectivity index (χ1) is 21.4. The standard InChI is InChI=1S/C31H24F2N8O3/c32-21-3-1-19(2-4-21)29-30(40(17-35-29)23-8-11-39(12-9-23)31(43)25-16-44-18-36-25)24-5-6-28-37-22(15-41(28)38-24)14-26(42)20-7-10-34-27(33)13-20/h1-7,10,13,15-18,23H,8-9,11-12,14H2. The number of carbonyl (C=O) groups excluding carboxylic acids is 2. The van der Waals surface area contributed by atoms with E-state index in [4.69, 9.17) is 14.5 Å². The van der Waals surface area contributed by atoms with Crippen molar-refractivity contribution >= 4 is 17.3 Å². The van der Waals surface area contributed by atoms with Gasteiger partial charge in [-0.15, -0.1) is 0 Å². The number of fused-ring (bicyclic) bond motifs is 1. The summed E-state index contributed by atoms with van der Waals surface area (Å²) in [7, 11) is 0. The number of hydrogen-bond acceptors (Lipinski definition) is 8. The molecule has 0 unspecified atom stereocenters. The van der Waals surface area contributed by atoms with Crippen molar-refractivity contribution in [3.8, 4) is 22.6 Å². The first-order valence-corrected chi connectivity index (χ1v) is 13.9. The highest BCUT2D eigenvalue weighted by atomic mass is 19.1. The van der Waals surface area contributed by atoms with Gasteiger partial charge in [0, 0.05) is 42.5 Å². The Balaban J connectivity index is 1.20. The zero-order valence-electron chi connectivity index (χ0n) is 23.2. The van der Waals surface area contributed by atoms with Crippen LogP contribution in [0.4, 0.5) is 8.78 Å². The summed E-state index contributed by atoms with van der Waals surface area (Å²) in [4.78, 5) is 44.0. The Bertz CT molecular complexity index is 1980. The molecule has 1 amide bonds. The number of imidazole rings is 2. The van der Waals surface area contributed by atoms with Crippen LogP contribution < -0.4 is 0 Å². The second kappa shape index (κ2) is 11.2. The third kappa shape index (κ3) is 5.23. The fourth-order valence-electron chi connectivity index (χ4n) is 5.52. The molecular formula is C31H24F2N8O3. The van der Waals surface area contributed by atoms with Gasteiger partial charge in [0.15, 0.2) is 23.5 Å². The van der Waals surface area contributed by atoms with Gasteiger partial charge in [0.05, 0.1) is 36.0 Å². The lowest BCUT2D eigenvalue weighted by Gasteiger charge is -2.33. The van der Waals surface area contributed by atoms with Gasteiger partial charge >= 0.3 is 0 Å². The van der Waals surface area contributed by atoms with E-state index in [2.05, 4.69) is 19.5 Å². The fraction of sp³-hybridized carbons (Fsp3) is 0.194. The Morgan fingerprint density at radius 3 is 2.55 bits per heavy atom. The van der Waals surface area contributed by atoms with E-state index in [0.29, 0.717) is 48.7 Å². The maximum atomic E-state index is 13.8. The third-order valence-electron chi connectivity index (χ3n) is 7.71. The van der Waals surface area contributed by atoms with Gasteiger partial charge in [-0.25, -0.2) is 28.8 Å². The molecule has 0 bridgehead atoms. The van der Waals surface area contributed by atoms with E-state index in [1.807, 2.05) is 6.07 Å². The van der Waals surface area contributed by atoms with Gasteiger partial charge in [0.2, 0.25) is 5.95 Å². The third-order valence-corrected chi connectivity index (χ3v) is 7.71. The minimum atomic E-state index is -0.724. The summed E-state index contributed by atoms with van der Waals surface area (Å²) >= 11 is 0. The average molecular weight is 595 g/mol. The Morgan fingerprint density at radius 2 is 1.80 bits per heavy atom. The van der Waals surface area contributed by atoms with Crippen LogP contribution in [0.1, 0.15) is 45.4 Å². The molecule has 0 N–H and O–H groups in total. The molecule has 6 aromatic rings. The van der Waals surface area contributed by atoms with Gasteiger partial charge in [0.25, 0.3) is 5.91 Å². The minimum Gasteiger partial charge on any atom is -0.451 e. The first-order valence-electron chi connectivity index (χ1n) is 13.9. The largest absolute Gasteiger partial charge is 0.451 e. The Hall–Kier alpha value is -5.59. The SMILES string of the molecule is O=C(Cc1cn2nc(-c3c(-c4ccc(F)cc4)ncn3C3CCN(C(=O)c4cocn4)CC3)ccc2n1)c1ccnc(F)c1. The van der Waals surface area contributed by atoms with Crippen molar-refractivity contribution in [3.63, 3.8) is 0 Å². The Labute approximate surface area is 248 Å². The number of amides is 1. The zero-order valence-corrected chi connectivity index (χ0v) is 23.2. The Kier molecular flexibility index (Phi) is 6.97. The number of aromatic nitrogens is 7. The predicted octanol–water partition coefficient (Wildman–Crippen LogP) is 4.82. The lowest BCUT2D eigenvalue weighted by molar-refractivity contribution is 0.0689. The molecule has 7 rings (SSSR count). The van der Waals surface area contributed by atoms with Crippen molar-refractivity contribution in [1.82, 2.24) is 39.0 Å². The van der Waals surface area contributed by atoms with Crippen molar-refractivity contribution in [2.45, 2.75) is 25.3 Å². The summed E-state index contributed by atoms with van der Waals surface area (Å²) in [5, 5.41) is 4.82. The molecule has 1 aromatic carbocycles. The molecule has 1 aliphatic rings. The van der Waals surface area contributed by atoms with Crippen molar-refractivity contribution in [1.29, 1.82) is 0 Å². The van der Waals surface area contributed by atoms with E-state index in [0.717, 1.165) is 17.3 Å². The van der Waals surface area contributed by atoms with E-state index < -0.39 is 5.95 Å². The number of pyridine rings is 1. The lowest BCUT2D eigenvalue weighted by atomic mass is 10.0. The maximum Gasteiger partial charge on any atom is 0.275 e. The fourth-order valence-corrected chi connectivity index (χ4v) is 5.52. The molecule has 5 aromatic heterocycles. The molecule has 44 heavy (non-hydrogen) atoms. The number of carbonyl (C=O) groups is 2. The number of piperidine rings is 1. The molecule has 0 spiro atoms. The Morgan fingerprint density at radius 1 is 0.977 bits per heavy atom. The van der Waals surface area contributed by atoms with Crippen LogP contribution in [0.2, 0.25) is 0 Å². The van der Waals surface area contributed by atoms with Gasteiger partial charge < -0.3 is 13.9 Å². The summed E-state index contributed by atoms with van der Waals surface area (Å²) in [6.45, 7) is 1.04. The normalized spacial score (nSPS) is 13.9. The van der Waals surface area contributed by atoms with E-state index in [9.17, 15) is 18.4 Å². The van der Waals surface area contributed by atoms with E-state index >= 15 is 0 Å². The predicted molar refractivity (Wildman–Crippen MR) is 153 cm³/mol. The minimum absolute atomic E-state index is 0.0160. The number of halogens is 2. The number of nitrogens with zero attached hydrogens (tertiary/aromatic N) is 8. The van der Waals surface area contributed by atoms with Crippen LogP contribution in [0.5, 0.6) is 0 Å². The molecule has 1 saturated heterocycles. The number of Topliss-reactive ketones (excluding diaryl/α,β-unsaturated/α-hetero) is 1. The molecule has 11 nitrogen and oxygen atoms in total. The molecule has 0 radical (unpaired) electrons. The first kappa shape index (κ1) is 27.3. The van der Waals surface area contributed by atoms with Crippen molar-refractivity contribution in [2.24, 2.45) is 0 Å². The van der Waals surface area contributed by atoms with Crippen LogP contribution >= 0.6 is 0 Å². The number of hydrogen-bond donors (Lipinski definition) is 0. The highest BCUT2D eigenvalue weighted by Gasteiger charge is 2.29. The quantitative estimate of drug-likeness (QED) is 0.190. The van der Waals surface area contributed by atoms with Crippen molar-refractivity contribution in [2.75, 3.05) is 13.1 Å². The van der Waals surface area contributed by atoms with Gasteiger partial charge in [0.1, 0.15) is 17.8 Å². The van der Waals surface area contributed by atoms with E-state index in [-0.39, 0.29) is 41.2 Å². The van der Waals surface area contributed by atoms with Gasteiger partial charge in [-0.1, -0.05) is 0 Å². The molecule has 0 aliphatic carbocycles. The monoisotopic (exact) mass is 594 g/mol. The second-order valence-electron chi connectivity index (χ2n) is 10.5. The molecule has 6 heterocycles. The van der Waals surface area contributed by atoms with Gasteiger partial charge in [-0.3, -0.25) is 9.59 Å². The molecule has 220 valence electrons. The number of ketones is 1. The maximum absolute atomic E-state index is 13.8. The topological polar surface area (TPSA) is 124 Å². The zero-order chi connectivity index (χ0) is 30.2. The van der Waals surface area contributed by atoms with Crippen LogP contribution in [0.25, 0.3) is 28.3 Å².